The molecule has 2 aromatic heterocycles. The largest absolute Gasteiger partial charge is 0.456 e. The van der Waals surface area contributed by atoms with Gasteiger partial charge in [-0.3, -0.25) is 0 Å². The summed E-state index contributed by atoms with van der Waals surface area (Å²) in [4.78, 5) is 15.0. The van der Waals surface area contributed by atoms with Crippen LogP contribution in [0.25, 0.3) is 67.2 Å². The summed E-state index contributed by atoms with van der Waals surface area (Å²) < 4.78 is 6.78. The van der Waals surface area contributed by atoms with Gasteiger partial charge in [-0.1, -0.05) is 147 Å². The molecule has 0 unspecified atom stereocenters. The molecule has 0 atom stereocenters. The third-order valence-electron chi connectivity index (χ3n) is 11.6. The second kappa shape index (κ2) is 10.9. The lowest BCUT2D eigenvalue weighted by Crippen LogP contribution is -2.40. The lowest BCUT2D eigenvalue weighted by atomic mass is 9.55. The van der Waals surface area contributed by atoms with Crippen LogP contribution in [-0.2, 0) is 10.8 Å². The van der Waals surface area contributed by atoms with E-state index in [0.717, 1.165) is 38.6 Å². The van der Waals surface area contributed by atoms with E-state index in [9.17, 15) is 0 Å². The molecular weight excluding hydrogens is 647 g/mol. The zero-order chi connectivity index (χ0) is 35.3. The molecule has 2 heterocycles. The van der Waals surface area contributed by atoms with E-state index in [-0.39, 0.29) is 5.41 Å². The maximum absolute atomic E-state index is 6.78. The second-order valence-electron chi connectivity index (χ2n) is 14.8. The summed E-state index contributed by atoms with van der Waals surface area (Å²) in [6.45, 7) is 4.73. The fourth-order valence-electron chi connectivity index (χ4n) is 9.19. The van der Waals surface area contributed by atoms with Crippen molar-refractivity contribution in [1.82, 2.24) is 15.0 Å². The van der Waals surface area contributed by atoms with E-state index in [1.165, 1.54) is 44.5 Å². The van der Waals surface area contributed by atoms with Crippen LogP contribution >= 0.6 is 0 Å². The lowest BCUT2D eigenvalue weighted by Gasteiger charge is -2.46. The van der Waals surface area contributed by atoms with Gasteiger partial charge in [0.15, 0.2) is 17.5 Å². The average molecular weight is 680 g/mol. The summed E-state index contributed by atoms with van der Waals surface area (Å²) >= 11 is 0. The molecule has 11 rings (SSSR count). The van der Waals surface area contributed by atoms with Crippen LogP contribution in [0.5, 0.6) is 0 Å². The molecule has 0 amide bonds. The van der Waals surface area contributed by atoms with E-state index < -0.39 is 5.41 Å². The van der Waals surface area contributed by atoms with Gasteiger partial charge in [-0.05, 0) is 74.8 Å². The normalized spacial score (nSPS) is 14.5. The van der Waals surface area contributed by atoms with E-state index in [2.05, 4.69) is 117 Å². The summed E-state index contributed by atoms with van der Waals surface area (Å²) in [7, 11) is 0. The first kappa shape index (κ1) is 30.0. The molecule has 0 bridgehead atoms. The van der Waals surface area contributed by atoms with Gasteiger partial charge < -0.3 is 4.42 Å². The van der Waals surface area contributed by atoms with Crippen LogP contribution < -0.4 is 0 Å². The van der Waals surface area contributed by atoms with Gasteiger partial charge >= 0.3 is 0 Å². The number of fused-ring (bicyclic) bond motifs is 12. The van der Waals surface area contributed by atoms with Gasteiger partial charge in [-0.2, -0.15) is 0 Å². The molecule has 7 aromatic carbocycles. The van der Waals surface area contributed by atoms with Crippen molar-refractivity contribution in [3.8, 4) is 45.3 Å². The Morgan fingerprint density at radius 3 is 1.47 bits per heavy atom. The Hall–Kier alpha value is -6.65. The number of hydrogen-bond donors (Lipinski definition) is 0. The number of rotatable bonds is 3. The summed E-state index contributed by atoms with van der Waals surface area (Å²) in [5.74, 6) is 1.91. The van der Waals surface area contributed by atoms with Crippen molar-refractivity contribution in [2.75, 3.05) is 0 Å². The first-order valence-electron chi connectivity index (χ1n) is 18.2. The zero-order valence-corrected chi connectivity index (χ0v) is 29.3. The van der Waals surface area contributed by atoms with Crippen LogP contribution in [0.3, 0.4) is 0 Å². The van der Waals surface area contributed by atoms with Crippen LogP contribution in [-0.4, -0.2) is 15.0 Å². The Labute approximate surface area is 307 Å². The summed E-state index contributed by atoms with van der Waals surface area (Å²) in [6, 6.07) is 58.2. The molecule has 2 aliphatic rings. The van der Waals surface area contributed by atoms with Crippen LogP contribution in [0.15, 0.2) is 168 Å². The number of furan rings is 1. The van der Waals surface area contributed by atoms with Crippen LogP contribution in [0.1, 0.15) is 47.2 Å². The van der Waals surface area contributed by atoms with Gasteiger partial charge in [0, 0.05) is 32.9 Å². The molecule has 250 valence electrons. The zero-order valence-electron chi connectivity index (χ0n) is 29.3. The Morgan fingerprint density at radius 2 is 0.868 bits per heavy atom. The van der Waals surface area contributed by atoms with Gasteiger partial charge in [0.25, 0.3) is 0 Å². The standard InChI is InChI=1S/C49H33N3O/c1-48(2)39-23-13-14-24-40(39)49(37-21-11-9-19-33(37)34-20-10-12-22-38(34)49)42-29-44-36(28-41(42)48)35-27-32(25-26-43(35)53-44)47-51-45(30-15-5-3-6-16-30)50-46(52-47)31-17-7-4-8-18-31/h3-29H,1-2H3. The van der Waals surface area contributed by atoms with Crippen molar-refractivity contribution in [2.45, 2.75) is 24.7 Å². The van der Waals surface area contributed by atoms with Crippen molar-refractivity contribution in [2.24, 2.45) is 0 Å². The quantitative estimate of drug-likeness (QED) is 0.186. The molecule has 0 aliphatic heterocycles. The Kier molecular flexibility index (Phi) is 6.19. The molecule has 0 N–H and O–H groups in total. The van der Waals surface area contributed by atoms with Gasteiger partial charge in [0.2, 0.25) is 0 Å². The molecule has 1 spiro atoms. The second-order valence-corrected chi connectivity index (χ2v) is 14.8. The molecule has 4 heteroatoms. The molecule has 0 saturated heterocycles. The SMILES string of the molecule is CC1(C)c2ccccc2C2(c3ccccc3-c3ccccc32)c2cc3oc4ccc(-c5nc(-c6ccccc6)nc(-c6ccccc6)n5)cc4c3cc21. The Bertz CT molecular complexity index is 2820. The van der Waals surface area contributed by atoms with Crippen LogP contribution in [0.4, 0.5) is 0 Å². The molecule has 53 heavy (non-hydrogen) atoms. The molecule has 4 nitrogen and oxygen atoms in total. The molecule has 0 saturated carbocycles. The monoisotopic (exact) mass is 679 g/mol. The first-order chi connectivity index (χ1) is 26.0. The summed E-state index contributed by atoms with van der Waals surface area (Å²) in [6.07, 6.45) is 0. The highest BCUT2D eigenvalue weighted by Gasteiger charge is 2.53. The molecule has 9 aromatic rings. The minimum Gasteiger partial charge on any atom is -0.456 e. The van der Waals surface area contributed by atoms with Crippen molar-refractivity contribution in [1.29, 1.82) is 0 Å². The Morgan fingerprint density at radius 1 is 0.377 bits per heavy atom. The topological polar surface area (TPSA) is 51.8 Å². The van der Waals surface area contributed by atoms with Crippen LogP contribution in [0, 0.1) is 0 Å². The highest BCUT2D eigenvalue weighted by molar-refractivity contribution is 6.07. The number of hydrogen-bond acceptors (Lipinski definition) is 4. The molecule has 2 aliphatic carbocycles. The third kappa shape index (κ3) is 4.15. The van der Waals surface area contributed by atoms with Gasteiger partial charge in [-0.15, -0.1) is 0 Å². The smallest absolute Gasteiger partial charge is 0.164 e. The third-order valence-corrected chi connectivity index (χ3v) is 11.6. The average Bonchev–Trinajstić information content (AvgIpc) is 3.73. The highest BCUT2D eigenvalue weighted by Crippen LogP contribution is 2.62. The minimum absolute atomic E-state index is 0.261. The van der Waals surface area contributed by atoms with Crippen molar-refractivity contribution in [3.63, 3.8) is 0 Å². The van der Waals surface area contributed by atoms with Gasteiger partial charge in [0.05, 0.1) is 5.41 Å². The van der Waals surface area contributed by atoms with E-state index in [1.807, 2.05) is 60.7 Å². The summed E-state index contributed by atoms with van der Waals surface area (Å²) in [5, 5.41) is 2.13. The fourth-order valence-corrected chi connectivity index (χ4v) is 9.19. The number of benzene rings is 7. The fraction of sp³-hybridized carbons (Fsp3) is 0.0816. The van der Waals surface area contributed by atoms with Crippen LogP contribution in [0.2, 0.25) is 0 Å². The molecule has 0 radical (unpaired) electrons. The first-order valence-corrected chi connectivity index (χ1v) is 18.2. The highest BCUT2D eigenvalue weighted by atomic mass is 16.3. The van der Waals surface area contributed by atoms with Gasteiger partial charge in [0.1, 0.15) is 11.2 Å². The van der Waals surface area contributed by atoms with Crippen molar-refractivity contribution < 1.29 is 4.42 Å². The maximum Gasteiger partial charge on any atom is 0.164 e. The van der Waals surface area contributed by atoms with E-state index in [4.69, 9.17) is 19.4 Å². The Balaban J connectivity index is 1.17. The minimum atomic E-state index is -0.473. The number of nitrogens with zero attached hydrogens (tertiary/aromatic N) is 3. The number of aromatic nitrogens is 3. The van der Waals surface area contributed by atoms with Crippen molar-refractivity contribution >= 4 is 21.9 Å². The predicted octanol–water partition coefficient (Wildman–Crippen LogP) is 11.8. The lowest BCUT2D eigenvalue weighted by molar-refractivity contribution is 0.562. The van der Waals surface area contributed by atoms with E-state index in [1.54, 1.807) is 0 Å². The van der Waals surface area contributed by atoms with E-state index in [0.29, 0.717) is 17.5 Å². The van der Waals surface area contributed by atoms with Crippen molar-refractivity contribution in [3.05, 3.63) is 197 Å². The molecule has 0 fully saturated rings. The summed E-state index contributed by atoms with van der Waals surface area (Å²) in [5.41, 5.74) is 14.3. The van der Waals surface area contributed by atoms with Gasteiger partial charge in [-0.25, -0.2) is 15.0 Å². The predicted molar refractivity (Wildman–Crippen MR) is 213 cm³/mol. The molecular formula is C49H33N3O. The van der Waals surface area contributed by atoms with E-state index >= 15 is 0 Å². The maximum atomic E-state index is 6.78.